The molecule has 0 radical (unpaired) electrons. The molecule has 1 amide bonds. The summed E-state index contributed by atoms with van der Waals surface area (Å²) in [5.41, 5.74) is 2.61. The molecule has 196 valence electrons. The van der Waals surface area contributed by atoms with Gasteiger partial charge in [-0.2, -0.15) is 5.10 Å². The van der Waals surface area contributed by atoms with Crippen LogP contribution in [-0.2, 0) is 6.54 Å². The van der Waals surface area contributed by atoms with Crippen LogP contribution in [0.25, 0.3) is 0 Å². The minimum absolute atomic E-state index is 0.0362. The Morgan fingerprint density at radius 2 is 1.62 bits per heavy atom. The van der Waals surface area contributed by atoms with Crippen LogP contribution in [0.4, 0.5) is 0 Å². The summed E-state index contributed by atoms with van der Waals surface area (Å²) in [6.45, 7) is 5.79. The van der Waals surface area contributed by atoms with Crippen LogP contribution in [0, 0.1) is 0 Å². The Morgan fingerprint density at radius 3 is 2.27 bits per heavy atom. The Balaban J connectivity index is 1.46. The van der Waals surface area contributed by atoms with Crippen LogP contribution in [0.15, 0.2) is 77.9 Å². The van der Waals surface area contributed by atoms with E-state index in [-0.39, 0.29) is 11.9 Å². The topological polar surface area (TPSA) is 86.4 Å². The van der Waals surface area contributed by atoms with Crippen molar-refractivity contribution in [3.63, 3.8) is 0 Å². The van der Waals surface area contributed by atoms with Gasteiger partial charge in [-0.05, 0) is 86.7 Å². The molecule has 3 aromatic carbocycles. The lowest BCUT2D eigenvalue weighted by molar-refractivity contribution is 0.0690. The molecule has 0 saturated heterocycles. The lowest BCUT2D eigenvalue weighted by Gasteiger charge is -2.27. The Kier molecular flexibility index (Phi) is 10.8. The van der Waals surface area contributed by atoms with Gasteiger partial charge in [0, 0.05) is 18.2 Å². The smallest absolute Gasteiger partial charge is 0.254 e. The molecule has 0 aromatic heterocycles. The van der Waals surface area contributed by atoms with Crippen LogP contribution in [0.5, 0.6) is 17.2 Å². The number of nitrogens with zero attached hydrogens (tertiary/aromatic N) is 2. The largest absolute Gasteiger partial charge is 0.494 e. The van der Waals surface area contributed by atoms with Gasteiger partial charge in [-0.15, -0.1) is 0 Å². The van der Waals surface area contributed by atoms with Gasteiger partial charge in [-0.1, -0.05) is 30.3 Å². The number of hydrazone groups is 1. The van der Waals surface area contributed by atoms with Crippen molar-refractivity contribution >= 4 is 12.1 Å². The Bertz CT molecular complexity index is 1130. The number of hydrogen-bond acceptors (Lipinski definition) is 6. The Labute approximate surface area is 219 Å². The summed E-state index contributed by atoms with van der Waals surface area (Å²) >= 11 is 0. The summed E-state index contributed by atoms with van der Waals surface area (Å²) in [7, 11) is 1.59. The van der Waals surface area contributed by atoms with E-state index in [0.29, 0.717) is 36.8 Å². The molecule has 0 atom stereocenters. The highest BCUT2D eigenvalue weighted by atomic mass is 16.5. The maximum atomic E-state index is 13.3. The van der Waals surface area contributed by atoms with Gasteiger partial charge in [0.15, 0.2) is 11.5 Å². The standard InChI is InChI=1S/C30H37N3O4/c1-23(2)33(22-25-10-6-4-7-11-25)30(34)26-14-17-28(29(20-26)35-3)37-19-9-5-8-18-36-27-15-12-24(13-16-27)21-32-31/h4,6-7,10-17,20-21,23H,5,8-9,18-19,22,31H2,1-3H3. The van der Waals surface area contributed by atoms with E-state index < -0.39 is 0 Å². The SMILES string of the molecule is COc1cc(C(=O)N(Cc2ccccc2)C(C)C)ccc1OCCCCCOc1ccc(C=NN)cc1. The minimum atomic E-state index is -0.0362. The number of unbranched alkanes of at least 4 members (excludes halogenated alkanes) is 2. The number of amides is 1. The van der Waals surface area contributed by atoms with E-state index in [4.69, 9.17) is 20.1 Å². The van der Waals surface area contributed by atoms with Crippen LogP contribution in [-0.4, -0.2) is 43.4 Å². The zero-order valence-electron chi connectivity index (χ0n) is 21.9. The first-order valence-electron chi connectivity index (χ1n) is 12.6. The summed E-state index contributed by atoms with van der Waals surface area (Å²) in [6.07, 6.45) is 4.37. The molecule has 0 saturated carbocycles. The van der Waals surface area contributed by atoms with Crippen LogP contribution in [0.1, 0.15) is 54.6 Å². The first kappa shape index (κ1) is 27.6. The second-order valence-electron chi connectivity index (χ2n) is 8.98. The first-order chi connectivity index (χ1) is 18.0. The first-order valence-corrected chi connectivity index (χ1v) is 12.6. The van der Waals surface area contributed by atoms with Gasteiger partial charge in [0.05, 0.1) is 26.5 Å². The van der Waals surface area contributed by atoms with E-state index in [2.05, 4.69) is 5.10 Å². The van der Waals surface area contributed by atoms with Crippen molar-refractivity contribution in [2.45, 2.75) is 45.7 Å². The molecule has 0 heterocycles. The number of nitrogens with two attached hydrogens (primary N) is 1. The van der Waals surface area contributed by atoms with Gasteiger partial charge in [-0.25, -0.2) is 0 Å². The highest BCUT2D eigenvalue weighted by Gasteiger charge is 2.20. The number of carbonyl (C=O) groups is 1. The second-order valence-corrected chi connectivity index (χ2v) is 8.98. The molecule has 3 aromatic rings. The molecule has 0 aliphatic heterocycles. The molecule has 7 nitrogen and oxygen atoms in total. The lowest BCUT2D eigenvalue weighted by atomic mass is 10.1. The minimum Gasteiger partial charge on any atom is -0.494 e. The third-order valence-corrected chi connectivity index (χ3v) is 5.91. The maximum absolute atomic E-state index is 13.3. The molecule has 2 N–H and O–H groups in total. The van der Waals surface area contributed by atoms with Crippen molar-refractivity contribution in [3.05, 3.63) is 89.5 Å². The summed E-state index contributed by atoms with van der Waals surface area (Å²) in [4.78, 5) is 15.1. The molecule has 0 unspecified atom stereocenters. The highest BCUT2D eigenvalue weighted by Crippen LogP contribution is 2.29. The molecule has 37 heavy (non-hydrogen) atoms. The summed E-state index contributed by atoms with van der Waals surface area (Å²) < 4.78 is 17.3. The van der Waals surface area contributed by atoms with Crippen LogP contribution in [0.3, 0.4) is 0 Å². The van der Waals surface area contributed by atoms with Gasteiger partial charge in [0.1, 0.15) is 5.75 Å². The summed E-state index contributed by atoms with van der Waals surface area (Å²) in [5.74, 6) is 7.14. The third-order valence-electron chi connectivity index (χ3n) is 5.91. The van der Waals surface area contributed by atoms with Crippen LogP contribution < -0.4 is 20.1 Å². The molecule has 0 fully saturated rings. The molecule has 0 spiro atoms. The van der Waals surface area contributed by atoms with E-state index in [0.717, 1.165) is 36.1 Å². The zero-order chi connectivity index (χ0) is 26.5. The van der Waals surface area contributed by atoms with Crippen LogP contribution >= 0.6 is 0 Å². The summed E-state index contributed by atoms with van der Waals surface area (Å²) in [5, 5.41) is 3.51. The average molecular weight is 504 g/mol. The fourth-order valence-corrected chi connectivity index (χ4v) is 3.84. The van der Waals surface area contributed by atoms with Crippen molar-refractivity contribution in [2.75, 3.05) is 20.3 Å². The van der Waals surface area contributed by atoms with E-state index in [9.17, 15) is 4.79 Å². The number of benzene rings is 3. The Hall–Kier alpha value is -4.00. The van der Waals surface area contributed by atoms with Crippen molar-refractivity contribution in [1.29, 1.82) is 0 Å². The van der Waals surface area contributed by atoms with E-state index in [1.807, 2.05) is 79.4 Å². The van der Waals surface area contributed by atoms with Gasteiger partial charge >= 0.3 is 0 Å². The van der Waals surface area contributed by atoms with Crippen molar-refractivity contribution in [1.82, 2.24) is 4.90 Å². The number of hydrogen-bond donors (Lipinski definition) is 1. The van der Waals surface area contributed by atoms with Crippen LogP contribution in [0.2, 0.25) is 0 Å². The number of methoxy groups -OCH3 is 1. The fraction of sp³-hybridized carbons (Fsp3) is 0.333. The predicted molar refractivity (Wildman–Crippen MR) is 148 cm³/mol. The number of ether oxygens (including phenoxy) is 3. The molecule has 0 aliphatic rings. The van der Waals surface area contributed by atoms with Crippen molar-refractivity contribution < 1.29 is 19.0 Å². The monoisotopic (exact) mass is 503 g/mol. The van der Waals surface area contributed by atoms with Crippen molar-refractivity contribution in [2.24, 2.45) is 10.9 Å². The molecule has 0 bridgehead atoms. The molecule has 0 aliphatic carbocycles. The molecular formula is C30H37N3O4. The lowest BCUT2D eigenvalue weighted by Crippen LogP contribution is -2.36. The maximum Gasteiger partial charge on any atom is 0.254 e. The quantitative estimate of drug-likeness (QED) is 0.133. The normalized spacial score (nSPS) is 11.0. The van der Waals surface area contributed by atoms with E-state index in [1.54, 1.807) is 25.5 Å². The third kappa shape index (κ3) is 8.56. The molecular weight excluding hydrogens is 466 g/mol. The predicted octanol–water partition coefficient (Wildman–Crippen LogP) is 5.67. The Morgan fingerprint density at radius 1 is 0.919 bits per heavy atom. The average Bonchev–Trinajstić information content (AvgIpc) is 2.92. The highest BCUT2D eigenvalue weighted by molar-refractivity contribution is 5.95. The number of carbonyl (C=O) groups excluding carboxylic acids is 1. The van der Waals surface area contributed by atoms with Gasteiger partial charge < -0.3 is 25.0 Å². The number of rotatable bonds is 14. The molecule has 3 rings (SSSR count). The van der Waals surface area contributed by atoms with Crippen molar-refractivity contribution in [3.8, 4) is 17.2 Å². The summed E-state index contributed by atoms with van der Waals surface area (Å²) in [6, 6.07) is 23.1. The zero-order valence-corrected chi connectivity index (χ0v) is 21.9. The fourth-order valence-electron chi connectivity index (χ4n) is 3.84. The molecule has 7 heteroatoms. The second kappa shape index (κ2) is 14.5. The van der Waals surface area contributed by atoms with Gasteiger partial charge in [-0.3, -0.25) is 4.79 Å². The van der Waals surface area contributed by atoms with Gasteiger partial charge in [0.2, 0.25) is 0 Å². The van der Waals surface area contributed by atoms with Gasteiger partial charge in [0.25, 0.3) is 5.91 Å². The van der Waals surface area contributed by atoms with E-state index >= 15 is 0 Å². The van der Waals surface area contributed by atoms with E-state index in [1.165, 1.54) is 0 Å².